The van der Waals surface area contributed by atoms with Crippen LogP contribution in [0.25, 0.3) is 0 Å². The van der Waals surface area contributed by atoms with E-state index in [0.717, 1.165) is 5.56 Å². The molecule has 0 aliphatic carbocycles. The second kappa shape index (κ2) is 13.0. The third-order valence-electron chi connectivity index (χ3n) is 5.84. The first-order valence-corrected chi connectivity index (χ1v) is 13.5. The lowest BCUT2D eigenvalue weighted by Crippen LogP contribution is -2.23. The number of para-hydroxylation sites is 2. The molecule has 0 bridgehead atoms. The minimum atomic E-state index is -4.22. The van der Waals surface area contributed by atoms with Crippen LogP contribution in [0.4, 0.5) is 11.4 Å². The number of benzene rings is 3. The summed E-state index contributed by atoms with van der Waals surface area (Å²) >= 11 is 0. The maximum absolute atomic E-state index is 14.6. The van der Waals surface area contributed by atoms with E-state index >= 15 is 0 Å². The lowest BCUT2D eigenvalue weighted by atomic mass is 10.2. The van der Waals surface area contributed by atoms with Crippen LogP contribution in [0.2, 0.25) is 0 Å². The van der Waals surface area contributed by atoms with Crippen molar-refractivity contribution in [3.8, 4) is 0 Å². The molecule has 200 valence electrons. The molecule has 39 heavy (non-hydrogen) atoms. The average molecular weight is 548 g/mol. The Morgan fingerprint density at radius 2 is 1.31 bits per heavy atom. The molecule has 4 rings (SSSR count). The second-order valence-electron chi connectivity index (χ2n) is 8.41. The minimum Gasteiger partial charge on any atom is -0.302 e. The van der Waals surface area contributed by atoms with Gasteiger partial charge in [-0.1, -0.05) is 60.7 Å². The van der Waals surface area contributed by atoms with Crippen LogP contribution in [0.1, 0.15) is 28.0 Å². The van der Waals surface area contributed by atoms with Crippen molar-refractivity contribution < 1.29 is 23.5 Å². The van der Waals surface area contributed by atoms with Gasteiger partial charge in [0.05, 0.1) is 34.2 Å². The van der Waals surface area contributed by atoms with E-state index in [-0.39, 0.29) is 29.0 Å². The predicted octanol–water partition coefficient (Wildman–Crippen LogP) is 6.31. The van der Waals surface area contributed by atoms with Crippen LogP contribution in [0, 0.1) is 20.2 Å². The van der Waals surface area contributed by atoms with E-state index in [9.17, 15) is 24.8 Å². The van der Waals surface area contributed by atoms with Crippen LogP contribution in [0.5, 0.6) is 0 Å². The van der Waals surface area contributed by atoms with Crippen molar-refractivity contribution in [3.63, 3.8) is 0 Å². The number of nitrogens with one attached hydrogen (secondary N) is 1. The molecule has 0 unspecified atom stereocenters. The van der Waals surface area contributed by atoms with Crippen molar-refractivity contribution in [3.05, 3.63) is 146 Å². The number of nitro benzene ring substituents is 2. The van der Waals surface area contributed by atoms with Gasteiger partial charge >= 0.3 is 7.60 Å². The highest BCUT2D eigenvalue weighted by atomic mass is 31.2. The largest absolute Gasteiger partial charge is 0.352 e. The number of rotatable bonds is 13. The molecule has 0 fully saturated rings. The number of nitro groups is 2. The molecule has 4 aromatic rings. The highest BCUT2D eigenvalue weighted by molar-refractivity contribution is 7.54. The van der Waals surface area contributed by atoms with Crippen molar-refractivity contribution in [2.24, 2.45) is 0 Å². The first-order valence-electron chi connectivity index (χ1n) is 11.9. The summed E-state index contributed by atoms with van der Waals surface area (Å²) in [5.74, 6) is -1.04. The third kappa shape index (κ3) is 7.18. The van der Waals surface area contributed by atoms with Crippen LogP contribution in [-0.4, -0.2) is 14.8 Å². The summed E-state index contributed by atoms with van der Waals surface area (Å²) in [6.45, 7) is -0.502. The van der Waals surface area contributed by atoms with Crippen LogP contribution in [-0.2, 0) is 33.4 Å². The monoisotopic (exact) mass is 548 g/mol. The molecule has 0 spiro atoms. The molecule has 3 aromatic carbocycles. The van der Waals surface area contributed by atoms with Gasteiger partial charge in [0.25, 0.3) is 11.4 Å². The SMILES string of the molecule is O=[N+]([O-])c1ccccc1COP(=O)(OCc1ccccc1[N+](=O)[O-])[C@@H](NCc1ccccc1)c1cccnc1. The summed E-state index contributed by atoms with van der Waals surface area (Å²) in [7, 11) is -4.22. The van der Waals surface area contributed by atoms with Crippen LogP contribution in [0.15, 0.2) is 103 Å². The molecule has 0 saturated carbocycles. The van der Waals surface area contributed by atoms with Gasteiger partial charge in [0, 0.05) is 31.1 Å². The van der Waals surface area contributed by atoms with Gasteiger partial charge in [-0.3, -0.25) is 35.1 Å². The second-order valence-corrected chi connectivity index (χ2v) is 10.5. The van der Waals surface area contributed by atoms with Gasteiger partial charge in [-0.05, 0) is 29.3 Å². The normalized spacial score (nSPS) is 12.1. The maximum atomic E-state index is 14.6. The van der Waals surface area contributed by atoms with Crippen molar-refractivity contribution in [1.29, 1.82) is 0 Å². The summed E-state index contributed by atoms with van der Waals surface area (Å²) in [5, 5.41) is 26.3. The van der Waals surface area contributed by atoms with E-state index in [1.807, 2.05) is 30.3 Å². The molecule has 1 aromatic heterocycles. The van der Waals surface area contributed by atoms with Crippen LogP contribution < -0.4 is 5.32 Å². The van der Waals surface area contributed by atoms with E-state index in [0.29, 0.717) is 5.56 Å². The summed E-state index contributed by atoms with van der Waals surface area (Å²) in [5.41, 5.74) is 1.39. The van der Waals surface area contributed by atoms with E-state index in [4.69, 9.17) is 9.05 Å². The van der Waals surface area contributed by atoms with Gasteiger partial charge in [-0.15, -0.1) is 0 Å². The Morgan fingerprint density at radius 1 is 0.769 bits per heavy atom. The first kappa shape index (κ1) is 27.7. The Morgan fingerprint density at radius 3 is 1.82 bits per heavy atom. The van der Waals surface area contributed by atoms with Gasteiger partial charge in [0.2, 0.25) is 0 Å². The lowest BCUT2D eigenvalue weighted by molar-refractivity contribution is -0.385. The first-order chi connectivity index (χ1) is 18.9. The van der Waals surface area contributed by atoms with Crippen molar-refractivity contribution in [1.82, 2.24) is 10.3 Å². The topological polar surface area (TPSA) is 147 Å². The van der Waals surface area contributed by atoms with Crippen molar-refractivity contribution in [2.75, 3.05) is 0 Å². The summed E-state index contributed by atoms with van der Waals surface area (Å²) in [6, 6.07) is 24.7. The van der Waals surface area contributed by atoms with Gasteiger partial charge in [0.15, 0.2) is 0 Å². The summed E-state index contributed by atoms with van der Waals surface area (Å²) < 4.78 is 26.4. The summed E-state index contributed by atoms with van der Waals surface area (Å²) in [4.78, 5) is 26.1. The Kier molecular flexibility index (Phi) is 9.24. The zero-order valence-corrected chi connectivity index (χ0v) is 21.6. The standard InChI is InChI=1S/C27H25N4O7P/c32-30(33)25-14-6-4-11-23(25)19-37-39(36,38-20-24-12-5-7-15-26(24)31(34)35)27(22-13-8-16-28-18-22)29-17-21-9-2-1-3-10-21/h1-16,18,27,29H,17,19-20H2/t27-/m1/s1. The molecule has 0 saturated heterocycles. The van der Waals surface area contributed by atoms with Gasteiger partial charge < -0.3 is 9.05 Å². The number of hydrogen-bond donors (Lipinski definition) is 1. The zero-order valence-electron chi connectivity index (χ0n) is 20.7. The fourth-order valence-electron chi connectivity index (χ4n) is 3.89. The number of nitrogens with zero attached hydrogens (tertiary/aromatic N) is 3. The Hall–Kier alpha value is -4.28. The zero-order chi connectivity index (χ0) is 27.7. The van der Waals surface area contributed by atoms with E-state index in [1.54, 1.807) is 30.5 Å². The molecular weight excluding hydrogens is 523 g/mol. The Bertz CT molecular complexity index is 1410. The predicted molar refractivity (Wildman–Crippen MR) is 144 cm³/mol. The van der Waals surface area contributed by atoms with Gasteiger partial charge in [-0.2, -0.15) is 0 Å². The van der Waals surface area contributed by atoms with Crippen molar-refractivity contribution >= 4 is 19.0 Å². The van der Waals surface area contributed by atoms with Gasteiger partial charge in [-0.25, -0.2) is 0 Å². The fraction of sp³-hybridized carbons (Fsp3) is 0.148. The molecule has 11 nitrogen and oxygen atoms in total. The quantitative estimate of drug-likeness (QED) is 0.115. The minimum absolute atomic E-state index is 0.196. The third-order valence-corrected chi connectivity index (χ3v) is 7.93. The molecule has 1 atom stereocenters. The number of pyridine rings is 1. The molecule has 12 heteroatoms. The average Bonchev–Trinajstić information content (AvgIpc) is 2.96. The fourth-order valence-corrected chi connectivity index (χ4v) is 5.73. The van der Waals surface area contributed by atoms with Crippen LogP contribution in [0.3, 0.4) is 0 Å². The highest BCUT2D eigenvalue weighted by Gasteiger charge is 2.39. The number of hydrogen-bond acceptors (Lipinski definition) is 9. The maximum Gasteiger partial charge on any atom is 0.352 e. The molecule has 0 aliphatic rings. The highest BCUT2D eigenvalue weighted by Crippen LogP contribution is 2.61. The smallest absolute Gasteiger partial charge is 0.302 e. The molecule has 0 radical (unpaired) electrons. The molecule has 0 aliphatic heterocycles. The molecular formula is C27H25N4O7P. The molecule has 1 heterocycles. The van der Waals surface area contributed by atoms with Crippen molar-refractivity contribution in [2.45, 2.75) is 25.5 Å². The number of aromatic nitrogens is 1. The van der Waals surface area contributed by atoms with Crippen LogP contribution >= 0.6 is 7.60 Å². The Balaban J connectivity index is 1.70. The van der Waals surface area contributed by atoms with E-state index in [2.05, 4.69) is 10.3 Å². The summed E-state index contributed by atoms with van der Waals surface area (Å²) in [6.07, 6.45) is 3.07. The molecule has 1 N–H and O–H groups in total. The molecule has 0 amide bonds. The van der Waals surface area contributed by atoms with E-state index < -0.39 is 36.4 Å². The van der Waals surface area contributed by atoms with Gasteiger partial charge in [0.1, 0.15) is 5.78 Å². The lowest BCUT2D eigenvalue weighted by Gasteiger charge is -2.28. The Labute approximate surface area is 224 Å². The van der Waals surface area contributed by atoms with E-state index in [1.165, 1.54) is 42.6 Å².